The van der Waals surface area contributed by atoms with Gasteiger partial charge in [-0.25, -0.2) is 4.79 Å². The number of hydrogen-bond acceptors (Lipinski definition) is 4. The fraction of sp³-hybridized carbons (Fsp3) is 0.364. The topological polar surface area (TPSA) is 67.9 Å². The highest BCUT2D eigenvalue weighted by atomic mass is 16.6. The molecule has 0 bridgehead atoms. The Morgan fingerprint density at radius 3 is 2.46 bits per heavy atom. The fourth-order valence-corrected chi connectivity index (χ4v) is 3.26. The van der Waals surface area contributed by atoms with Crippen LogP contribution in [0.4, 0.5) is 4.79 Å². The summed E-state index contributed by atoms with van der Waals surface area (Å²) in [7, 11) is 0. The summed E-state index contributed by atoms with van der Waals surface area (Å²) in [5.41, 5.74) is 2.18. The van der Waals surface area contributed by atoms with Crippen LogP contribution in [0.3, 0.4) is 0 Å². The van der Waals surface area contributed by atoms with E-state index < -0.39 is 6.09 Å². The van der Waals surface area contributed by atoms with Gasteiger partial charge in [0.15, 0.2) is 6.61 Å². The van der Waals surface area contributed by atoms with E-state index in [1.165, 1.54) is 0 Å². The van der Waals surface area contributed by atoms with E-state index in [0.717, 1.165) is 16.9 Å². The Morgan fingerprint density at radius 1 is 1.07 bits per heavy atom. The molecule has 1 N–H and O–H groups in total. The van der Waals surface area contributed by atoms with Crippen molar-refractivity contribution in [2.75, 3.05) is 19.7 Å². The molecule has 1 aliphatic heterocycles. The molecule has 28 heavy (non-hydrogen) atoms. The number of nitrogens with zero attached hydrogens (tertiary/aromatic N) is 1. The van der Waals surface area contributed by atoms with Gasteiger partial charge in [-0.05, 0) is 50.5 Å². The van der Waals surface area contributed by atoms with E-state index in [0.29, 0.717) is 31.7 Å². The van der Waals surface area contributed by atoms with Gasteiger partial charge in [0.1, 0.15) is 11.5 Å². The second kappa shape index (κ2) is 9.26. The number of para-hydroxylation sites is 1. The Hall–Kier alpha value is -3.02. The molecule has 0 aliphatic carbocycles. The first-order chi connectivity index (χ1) is 13.5. The van der Waals surface area contributed by atoms with Gasteiger partial charge in [0, 0.05) is 19.1 Å². The molecule has 148 valence electrons. The molecule has 1 heterocycles. The monoisotopic (exact) mass is 382 g/mol. The molecule has 2 aromatic carbocycles. The van der Waals surface area contributed by atoms with Crippen LogP contribution in [0.1, 0.15) is 24.0 Å². The molecule has 0 spiro atoms. The van der Waals surface area contributed by atoms with Crippen LogP contribution in [0, 0.1) is 13.8 Å². The van der Waals surface area contributed by atoms with Gasteiger partial charge in [0.25, 0.3) is 5.91 Å². The van der Waals surface area contributed by atoms with Crippen molar-refractivity contribution < 1.29 is 19.1 Å². The number of ether oxygens (including phenoxy) is 2. The normalized spacial score (nSPS) is 14.4. The number of amides is 2. The van der Waals surface area contributed by atoms with E-state index in [1.54, 1.807) is 17.0 Å². The van der Waals surface area contributed by atoms with Gasteiger partial charge in [-0.15, -0.1) is 0 Å². The van der Waals surface area contributed by atoms with Crippen molar-refractivity contribution in [2.24, 2.45) is 0 Å². The third-order valence-electron chi connectivity index (χ3n) is 4.80. The average molecular weight is 382 g/mol. The number of carbonyl (C=O) groups is 2. The summed E-state index contributed by atoms with van der Waals surface area (Å²) in [5.74, 6) is 1.21. The number of carbonyl (C=O) groups excluding carboxylic acids is 2. The Kier molecular flexibility index (Phi) is 6.53. The van der Waals surface area contributed by atoms with Gasteiger partial charge in [0.2, 0.25) is 0 Å². The standard InChI is InChI=1S/C22H26N2O4/c1-16-8-9-20(17(2)14-16)27-15-21(25)24-12-10-18(11-13-24)23-22(26)28-19-6-4-3-5-7-19/h3-9,14,18H,10-13,15H2,1-2H3,(H,23,26). The molecule has 6 nitrogen and oxygen atoms in total. The van der Waals surface area contributed by atoms with Crippen molar-refractivity contribution >= 4 is 12.0 Å². The van der Waals surface area contributed by atoms with E-state index in [-0.39, 0.29) is 18.6 Å². The molecular weight excluding hydrogens is 356 g/mol. The predicted octanol–water partition coefficient (Wildman–Crippen LogP) is 3.46. The largest absolute Gasteiger partial charge is 0.484 e. The summed E-state index contributed by atoms with van der Waals surface area (Å²) in [6, 6.07) is 14.9. The molecule has 1 fully saturated rings. The van der Waals surface area contributed by atoms with Crippen molar-refractivity contribution in [1.29, 1.82) is 0 Å². The molecule has 2 amide bonds. The van der Waals surface area contributed by atoms with E-state index in [4.69, 9.17) is 9.47 Å². The lowest BCUT2D eigenvalue weighted by Crippen LogP contribution is -2.48. The van der Waals surface area contributed by atoms with Gasteiger partial charge < -0.3 is 19.7 Å². The number of rotatable bonds is 5. The van der Waals surface area contributed by atoms with Gasteiger partial charge in [0.05, 0.1) is 0 Å². The lowest BCUT2D eigenvalue weighted by atomic mass is 10.1. The van der Waals surface area contributed by atoms with Crippen LogP contribution in [0.5, 0.6) is 11.5 Å². The van der Waals surface area contributed by atoms with Gasteiger partial charge in [-0.1, -0.05) is 35.9 Å². The minimum absolute atomic E-state index is 0.000485. The number of benzene rings is 2. The van der Waals surface area contributed by atoms with Crippen LogP contribution in [0.15, 0.2) is 48.5 Å². The van der Waals surface area contributed by atoms with Crippen molar-refractivity contribution in [3.8, 4) is 11.5 Å². The van der Waals surface area contributed by atoms with Crippen LogP contribution in [0.25, 0.3) is 0 Å². The maximum atomic E-state index is 12.4. The molecule has 3 rings (SSSR count). The fourth-order valence-electron chi connectivity index (χ4n) is 3.26. The zero-order chi connectivity index (χ0) is 19.9. The lowest BCUT2D eigenvalue weighted by Gasteiger charge is -2.32. The van der Waals surface area contributed by atoms with Crippen LogP contribution in [-0.4, -0.2) is 42.6 Å². The Bertz CT molecular complexity index is 815. The number of piperidine rings is 1. The molecule has 0 radical (unpaired) electrons. The molecule has 0 atom stereocenters. The summed E-state index contributed by atoms with van der Waals surface area (Å²) in [5, 5.41) is 2.87. The minimum Gasteiger partial charge on any atom is -0.484 e. The highest BCUT2D eigenvalue weighted by molar-refractivity contribution is 5.78. The molecule has 1 saturated heterocycles. The first kappa shape index (κ1) is 19.7. The maximum absolute atomic E-state index is 12.4. The van der Waals surface area contributed by atoms with Crippen molar-refractivity contribution in [1.82, 2.24) is 10.2 Å². The second-order valence-electron chi connectivity index (χ2n) is 7.06. The van der Waals surface area contributed by atoms with Crippen LogP contribution >= 0.6 is 0 Å². The molecule has 2 aromatic rings. The van der Waals surface area contributed by atoms with E-state index >= 15 is 0 Å². The minimum atomic E-state index is -0.464. The first-order valence-corrected chi connectivity index (χ1v) is 9.52. The molecular formula is C22H26N2O4. The van der Waals surface area contributed by atoms with Gasteiger partial charge in [-0.3, -0.25) is 4.79 Å². The quantitative estimate of drug-likeness (QED) is 0.860. The summed E-state index contributed by atoms with van der Waals surface area (Å²) in [4.78, 5) is 26.2. The van der Waals surface area contributed by atoms with Crippen LogP contribution < -0.4 is 14.8 Å². The number of nitrogens with one attached hydrogen (secondary N) is 1. The highest BCUT2D eigenvalue weighted by Crippen LogP contribution is 2.19. The maximum Gasteiger partial charge on any atom is 0.412 e. The first-order valence-electron chi connectivity index (χ1n) is 9.52. The van der Waals surface area contributed by atoms with Crippen molar-refractivity contribution in [3.05, 3.63) is 59.7 Å². The smallest absolute Gasteiger partial charge is 0.412 e. The summed E-state index contributed by atoms with van der Waals surface area (Å²) >= 11 is 0. The predicted molar refractivity (Wildman–Crippen MR) is 107 cm³/mol. The summed E-state index contributed by atoms with van der Waals surface area (Å²) in [6.07, 6.45) is 0.924. The number of aryl methyl sites for hydroxylation is 2. The molecule has 0 saturated carbocycles. The zero-order valence-electron chi connectivity index (χ0n) is 16.3. The molecule has 0 unspecified atom stereocenters. The highest BCUT2D eigenvalue weighted by Gasteiger charge is 2.24. The average Bonchev–Trinajstić information content (AvgIpc) is 2.68. The third-order valence-corrected chi connectivity index (χ3v) is 4.80. The van der Waals surface area contributed by atoms with Gasteiger partial charge >= 0.3 is 6.09 Å². The SMILES string of the molecule is Cc1ccc(OCC(=O)N2CCC(NC(=O)Oc3ccccc3)CC2)c(C)c1. The Labute approximate surface area is 165 Å². The second-order valence-corrected chi connectivity index (χ2v) is 7.06. The third kappa shape index (κ3) is 5.49. The molecule has 6 heteroatoms. The molecule has 1 aliphatic rings. The number of likely N-dealkylation sites (tertiary alicyclic amines) is 1. The van der Waals surface area contributed by atoms with Crippen molar-refractivity contribution in [3.63, 3.8) is 0 Å². The van der Waals surface area contributed by atoms with Crippen LogP contribution in [-0.2, 0) is 4.79 Å². The number of hydrogen-bond donors (Lipinski definition) is 1. The van der Waals surface area contributed by atoms with Gasteiger partial charge in [-0.2, -0.15) is 0 Å². The summed E-state index contributed by atoms with van der Waals surface area (Å²) < 4.78 is 10.9. The zero-order valence-corrected chi connectivity index (χ0v) is 16.3. The lowest BCUT2D eigenvalue weighted by molar-refractivity contribution is -0.134. The van der Waals surface area contributed by atoms with E-state index in [9.17, 15) is 9.59 Å². The Morgan fingerprint density at radius 2 is 1.79 bits per heavy atom. The van der Waals surface area contributed by atoms with E-state index in [2.05, 4.69) is 5.32 Å². The Balaban J connectivity index is 1.40. The summed E-state index contributed by atoms with van der Waals surface area (Å²) in [6.45, 7) is 5.20. The van der Waals surface area contributed by atoms with Crippen LogP contribution in [0.2, 0.25) is 0 Å². The van der Waals surface area contributed by atoms with E-state index in [1.807, 2.05) is 50.2 Å². The molecule has 0 aromatic heterocycles. The van der Waals surface area contributed by atoms with Crippen molar-refractivity contribution in [2.45, 2.75) is 32.7 Å².